The van der Waals surface area contributed by atoms with E-state index in [0.717, 1.165) is 50.5 Å². The predicted octanol–water partition coefficient (Wildman–Crippen LogP) is 4.37. The Morgan fingerprint density at radius 1 is 1.00 bits per heavy atom. The van der Waals surface area contributed by atoms with E-state index in [1.807, 2.05) is 6.92 Å². The summed E-state index contributed by atoms with van der Waals surface area (Å²) >= 11 is 1.55. The minimum Gasteiger partial charge on any atom is -0.462 e. The van der Waals surface area contributed by atoms with Gasteiger partial charge in [-0.15, -0.1) is 11.3 Å². The Morgan fingerprint density at radius 2 is 1.60 bits per heavy atom. The van der Waals surface area contributed by atoms with Crippen molar-refractivity contribution in [1.29, 1.82) is 0 Å². The highest BCUT2D eigenvalue weighted by molar-refractivity contribution is 7.16. The number of carbonyl (C=O) groups is 3. The van der Waals surface area contributed by atoms with E-state index < -0.39 is 5.97 Å². The SMILES string of the molecule is CCOC(=O)c1c(N)sc2c1CCCC2.O=C1CCCCC1.[C-]#[N+]CC(=O)OCC. The second kappa shape index (κ2) is 14.6. The fourth-order valence-corrected chi connectivity index (χ4v) is 4.38. The lowest BCUT2D eigenvalue weighted by Crippen LogP contribution is -2.10. The Hall–Kier alpha value is -2.40. The molecule has 1 saturated carbocycles. The maximum Gasteiger partial charge on any atom is 0.387 e. The molecule has 1 aromatic heterocycles. The summed E-state index contributed by atoms with van der Waals surface area (Å²) in [6.07, 6.45) is 9.62. The summed E-state index contributed by atoms with van der Waals surface area (Å²) in [6, 6.07) is 0. The molecule has 30 heavy (non-hydrogen) atoms. The van der Waals surface area contributed by atoms with E-state index in [0.29, 0.717) is 29.6 Å². The van der Waals surface area contributed by atoms with E-state index in [2.05, 4.69) is 9.58 Å². The van der Waals surface area contributed by atoms with Crippen LogP contribution >= 0.6 is 11.3 Å². The molecular weight excluding hydrogens is 404 g/mol. The van der Waals surface area contributed by atoms with Crippen molar-refractivity contribution in [3.63, 3.8) is 0 Å². The molecule has 0 aromatic carbocycles. The zero-order valence-corrected chi connectivity index (χ0v) is 18.8. The van der Waals surface area contributed by atoms with Gasteiger partial charge in [0.25, 0.3) is 0 Å². The Balaban J connectivity index is 0.000000253. The fraction of sp³-hybridized carbons (Fsp3) is 0.636. The maximum absolute atomic E-state index is 11.7. The molecule has 0 aliphatic heterocycles. The van der Waals surface area contributed by atoms with Crippen LogP contribution in [0.25, 0.3) is 4.85 Å². The van der Waals surface area contributed by atoms with Crippen LogP contribution in [0.1, 0.15) is 79.6 Å². The van der Waals surface area contributed by atoms with Gasteiger partial charge in [-0.2, -0.15) is 0 Å². The summed E-state index contributed by atoms with van der Waals surface area (Å²) in [5.41, 5.74) is 7.65. The molecular formula is C22H32N2O5S. The van der Waals surface area contributed by atoms with Crippen LogP contribution in [0.2, 0.25) is 0 Å². The summed E-state index contributed by atoms with van der Waals surface area (Å²) in [7, 11) is 0. The summed E-state index contributed by atoms with van der Waals surface area (Å²) in [6.45, 7) is 10.4. The second-order valence-electron chi connectivity index (χ2n) is 6.89. The largest absolute Gasteiger partial charge is 0.462 e. The normalized spacial score (nSPS) is 14.6. The van der Waals surface area contributed by atoms with Crippen LogP contribution in [0, 0.1) is 6.57 Å². The van der Waals surface area contributed by atoms with Crippen LogP contribution in [-0.4, -0.2) is 37.5 Å². The molecule has 0 saturated heterocycles. The molecule has 2 aliphatic carbocycles. The highest BCUT2D eigenvalue weighted by atomic mass is 32.1. The van der Waals surface area contributed by atoms with Crippen LogP contribution in [0.15, 0.2) is 0 Å². The Kier molecular flexibility index (Phi) is 12.4. The maximum atomic E-state index is 11.7. The molecule has 1 heterocycles. The van der Waals surface area contributed by atoms with Gasteiger partial charge >= 0.3 is 18.5 Å². The van der Waals surface area contributed by atoms with Gasteiger partial charge < -0.3 is 20.1 Å². The Bertz CT molecular complexity index is 743. The van der Waals surface area contributed by atoms with Crippen molar-refractivity contribution in [3.05, 3.63) is 27.4 Å². The number of nitrogens with two attached hydrogens (primary N) is 1. The number of rotatable bonds is 4. The number of fused-ring (bicyclic) bond motifs is 1. The van der Waals surface area contributed by atoms with Crippen molar-refractivity contribution in [2.24, 2.45) is 0 Å². The van der Waals surface area contributed by atoms with Gasteiger partial charge in [-0.05, 0) is 57.9 Å². The smallest absolute Gasteiger partial charge is 0.387 e. The summed E-state index contributed by atoms with van der Waals surface area (Å²) in [5, 5.41) is 0.625. The van der Waals surface area contributed by atoms with Crippen molar-refractivity contribution in [2.45, 2.75) is 71.6 Å². The molecule has 3 rings (SSSR count). The predicted molar refractivity (Wildman–Crippen MR) is 118 cm³/mol. The van der Waals surface area contributed by atoms with Gasteiger partial charge in [-0.25, -0.2) is 16.2 Å². The number of nitrogen functional groups attached to an aromatic ring is 1. The molecule has 0 unspecified atom stereocenters. The number of nitrogens with zero attached hydrogens (tertiary/aromatic N) is 1. The Morgan fingerprint density at radius 3 is 2.13 bits per heavy atom. The molecule has 2 N–H and O–H groups in total. The molecule has 7 nitrogen and oxygen atoms in total. The molecule has 1 fully saturated rings. The van der Waals surface area contributed by atoms with Crippen LogP contribution in [0.3, 0.4) is 0 Å². The van der Waals surface area contributed by atoms with Gasteiger partial charge in [0.15, 0.2) is 0 Å². The van der Waals surface area contributed by atoms with Crippen LogP contribution < -0.4 is 5.73 Å². The third-order valence-electron chi connectivity index (χ3n) is 4.60. The molecule has 0 spiro atoms. The minimum absolute atomic E-state index is 0.159. The quantitative estimate of drug-likeness (QED) is 0.555. The fourth-order valence-electron chi connectivity index (χ4n) is 3.23. The van der Waals surface area contributed by atoms with Gasteiger partial charge in [0, 0.05) is 17.7 Å². The standard InChI is InChI=1S/C11H15NO2S.C6H10O.C5H7NO2/c1-2-14-11(13)9-7-5-3-4-6-8(7)15-10(9)12;7-6-4-2-1-3-5-6;1-3-8-5(7)4-6-2/h2-6,12H2,1H3;1-5H2;3-4H2,1H3. The van der Waals surface area contributed by atoms with E-state index in [4.69, 9.17) is 17.0 Å². The zero-order chi connectivity index (χ0) is 22.4. The summed E-state index contributed by atoms with van der Waals surface area (Å²) in [5.74, 6) is -0.233. The van der Waals surface area contributed by atoms with E-state index >= 15 is 0 Å². The first-order valence-electron chi connectivity index (χ1n) is 10.5. The monoisotopic (exact) mass is 436 g/mol. The molecule has 8 heteroatoms. The van der Waals surface area contributed by atoms with Gasteiger partial charge in [0.1, 0.15) is 10.8 Å². The highest BCUT2D eigenvalue weighted by Gasteiger charge is 2.24. The van der Waals surface area contributed by atoms with Gasteiger partial charge in [-0.3, -0.25) is 4.79 Å². The van der Waals surface area contributed by atoms with E-state index in [1.54, 1.807) is 18.3 Å². The number of ketones is 1. The molecule has 1 aromatic rings. The molecule has 0 radical (unpaired) electrons. The number of aryl methyl sites for hydroxylation is 1. The third kappa shape index (κ3) is 8.95. The van der Waals surface area contributed by atoms with E-state index in [1.165, 1.54) is 17.7 Å². The second-order valence-corrected chi connectivity index (χ2v) is 8.03. The lowest BCUT2D eigenvalue weighted by Gasteiger charge is -2.11. The Labute approximate surface area is 182 Å². The number of hydrogen-bond acceptors (Lipinski definition) is 7. The number of anilines is 1. The molecule has 2 aliphatic rings. The van der Waals surface area contributed by atoms with Crippen molar-refractivity contribution < 1.29 is 23.9 Å². The zero-order valence-electron chi connectivity index (χ0n) is 18.0. The molecule has 166 valence electrons. The number of thiophene rings is 1. The molecule has 0 bridgehead atoms. The number of ether oxygens (including phenoxy) is 2. The van der Waals surface area contributed by atoms with Crippen molar-refractivity contribution in [3.8, 4) is 0 Å². The average Bonchev–Trinajstić information content (AvgIpc) is 3.06. The number of esters is 2. The molecule has 0 atom stereocenters. The summed E-state index contributed by atoms with van der Waals surface area (Å²) in [4.78, 5) is 36.5. The third-order valence-corrected chi connectivity index (χ3v) is 5.72. The van der Waals surface area contributed by atoms with Crippen LogP contribution in [0.4, 0.5) is 5.00 Å². The van der Waals surface area contributed by atoms with Crippen LogP contribution in [-0.2, 0) is 31.9 Å². The molecule has 0 amide bonds. The van der Waals surface area contributed by atoms with Gasteiger partial charge in [0.2, 0.25) is 0 Å². The van der Waals surface area contributed by atoms with Crippen molar-refractivity contribution in [2.75, 3.05) is 25.5 Å². The highest BCUT2D eigenvalue weighted by Crippen LogP contribution is 2.36. The lowest BCUT2D eigenvalue weighted by molar-refractivity contribution is -0.140. The number of carbonyl (C=O) groups excluding carboxylic acids is 3. The van der Waals surface area contributed by atoms with Crippen molar-refractivity contribution in [1.82, 2.24) is 0 Å². The first-order valence-corrected chi connectivity index (χ1v) is 11.3. The van der Waals surface area contributed by atoms with Gasteiger partial charge in [0.05, 0.1) is 18.8 Å². The lowest BCUT2D eigenvalue weighted by atomic mass is 9.95. The first kappa shape index (κ1) is 25.6. The summed E-state index contributed by atoms with van der Waals surface area (Å²) < 4.78 is 9.45. The van der Waals surface area contributed by atoms with Crippen LogP contribution in [0.5, 0.6) is 0 Å². The first-order chi connectivity index (χ1) is 14.4. The number of Topliss-reactive ketones (excluding diaryl/α,β-unsaturated/α-hetero) is 1. The average molecular weight is 437 g/mol. The van der Waals surface area contributed by atoms with E-state index in [-0.39, 0.29) is 12.5 Å². The van der Waals surface area contributed by atoms with Crippen molar-refractivity contribution >= 4 is 34.1 Å². The van der Waals surface area contributed by atoms with Gasteiger partial charge in [-0.1, -0.05) is 6.42 Å². The number of hydrogen-bond donors (Lipinski definition) is 1. The van der Waals surface area contributed by atoms with E-state index in [9.17, 15) is 14.4 Å². The topological polar surface area (TPSA) is 100 Å². The minimum atomic E-state index is -0.442.